The van der Waals surface area contributed by atoms with Gasteiger partial charge < -0.3 is 10.1 Å². The van der Waals surface area contributed by atoms with Gasteiger partial charge in [0.2, 0.25) is 0 Å². The second-order valence-corrected chi connectivity index (χ2v) is 5.08. The summed E-state index contributed by atoms with van der Waals surface area (Å²) in [7, 11) is 3.71. The van der Waals surface area contributed by atoms with Gasteiger partial charge in [0.15, 0.2) is 0 Å². The molecule has 18 heavy (non-hydrogen) atoms. The minimum absolute atomic E-state index is 0.330. The Labute approximate surface area is 111 Å². The zero-order valence-corrected chi connectivity index (χ0v) is 12.2. The van der Waals surface area contributed by atoms with Gasteiger partial charge in [0.1, 0.15) is 0 Å². The average molecular weight is 253 g/mol. The van der Waals surface area contributed by atoms with Gasteiger partial charge in [-0.1, -0.05) is 13.8 Å². The predicted molar refractivity (Wildman–Crippen MR) is 74.7 cm³/mol. The molecule has 1 rings (SSSR count). The Hall–Kier alpha value is -0.870. The standard InChI is InChI=1S/C14H27N3O/c1-5-14(6-2,12-15-7-8-18-4)9-13-10-16-17(3)11-13/h10-11,15H,5-9,12H2,1-4H3. The molecule has 0 saturated heterocycles. The Morgan fingerprint density at radius 1 is 1.39 bits per heavy atom. The summed E-state index contributed by atoms with van der Waals surface area (Å²) in [4.78, 5) is 0. The monoisotopic (exact) mass is 253 g/mol. The highest BCUT2D eigenvalue weighted by molar-refractivity contribution is 5.07. The second kappa shape index (κ2) is 7.54. The molecule has 0 saturated carbocycles. The highest BCUT2D eigenvalue weighted by Crippen LogP contribution is 2.30. The zero-order valence-electron chi connectivity index (χ0n) is 12.2. The molecule has 0 bridgehead atoms. The summed E-state index contributed by atoms with van der Waals surface area (Å²) in [5, 5.41) is 7.76. The van der Waals surface area contributed by atoms with Crippen molar-refractivity contribution in [3.05, 3.63) is 18.0 Å². The number of aromatic nitrogens is 2. The van der Waals surface area contributed by atoms with Crippen LogP contribution in [0.3, 0.4) is 0 Å². The molecule has 1 heterocycles. The molecule has 0 aliphatic heterocycles. The maximum atomic E-state index is 5.07. The van der Waals surface area contributed by atoms with E-state index in [0.29, 0.717) is 5.41 Å². The van der Waals surface area contributed by atoms with Crippen molar-refractivity contribution in [2.45, 2.75) is 33.1 Å². The second-order valence-electron chi connectivity index (χ2n) is 5.08. The highest BCUT2D eigenvalue weighted by atomic mass is 16.5. The van der Waals surface area contributed by atoms with E-state index in [0.717, 1.165) is 26.1 Å². The van der Waals surface area contributed by atoms with Gasteiger partial charge in [-0.3, -0.25) is 4.68 Å². The van der Waals surface area contributed by atoms with Crippen LogP contribution in [-0.4, -0.2) is 36.6 Å². The number of nitrogens with one attached hydrogen (secondary N) is 1. The minimum Gasteiger partial charge on any atom is -0.383 e. The minimum atomic E-state index is 0.330. The Morgan fingerprint density at radius 3 is 2.61 bits per heavy atom. The molecule has 0 unspecified atom stereocenters. The normalized spacial score (nSPS) is 12.0. The average Bonchev–Trinajstić information content (AvgIpc) is 2.78. The maximum absolute atomic E-state index is 5.07. The van der Waals surface area contributed by atoms with Crippen LogP contribution in [0.4, 0.5) is 0 Å². The number of ether oxygens (including phenoxy) is 1. The van der Waals surface area contributed by atoms with Gasteiger partial charge in [0.25, 0.3) is 0 Å². The molecule has 1 N–H and O–H groups in total. The molecular formula is C14H27N3O. The Bertz CT molecular complexity index is 332. The molecule has 4 nitrogen and oxygen atoms in total. The molecule has 0 radical (unpaired) electrons. The number of rotatable bonds is 9. The molecule has 0 aliphatic carbocycles. The summed E-state index contributed by atoms with van der Waals surface area (Å²) in [5.41, 5.74) is 1.66. The lowest BCUT2D eigenvalue weighted by Gasteiger charge is -2.32. The number of hydrogen-bond donors (Lipinski definition) is 1. The van der Waals surface area contributed by atoms with Crippen LogP contribution in [-0.2, 0) is 18.2 Å². The predicted octanol–water partition coefficient (Wildman–Crippen LogP) is 2.00. The van der Waals surface area contributed by atoms with E-state index in [1.54, 1.807) is 7.11 Å². The van der Waals surface area contributed by atoms with E-state index in [4.69, 9.17) is 4.74 Å². The van der Waals surface area contributed by atoms with E-state index in [2.05, 4.69) is 30.5 Å². The first-order valence-electron chi connectivity index (χ1n) is 6.83. The highest BCUT2D eigenvalue weighted by Gasteiger charge is 2.26. The lowest BCUT2D eigenvalue weighted by molar-refractivity contribution is 0.185. The summed E-state index contributed by atoms with van der Waals surface area (Å²) in [6, 6.07) is 0. The maximum Gasteiger partial charge on any atom is 0.0587 e. The SMILES string of the molecule is CCC(CC)(CNCCOC)Cc1cnn(C)c1. The molecule has 4 heteroatoms. The number of nitrogens with zero attached hydrogens (tertiary/aromatic N) is 2. The van der Waals surface area contributed by atoms with Crippen LogP contribution in [0.1, 0.15) is 32.3 Å². The van der Waals surface area contributed by atoms with Crippen LogP contribution < -0.4 is 5.32 Å². The third-order valence-electron chi connectivity index (χ3n) is 3.82. The molecule has 104 valence electrons. The lowest BCUT2D eigenvalue weighted by Crippen LogP contribution is -2.36. The third kappa shape index (κ3) is 4.42. The van der Waals surface area contributed by atoms with E-state index in [-0.39, 0.29) is 0 Å². The van der Waals surface area contributed by atoms with Crippen molar-refractivity contribution < 1.29 is 4.74 Å². The number of hydrogen-bond acceptors (Lipinski definition) is 3. The van der Waals surface area contributed by atoms with Crippen LogP contribution in [0.2, 0.25) is 0 Å². The van der Waals surface area contributed by atoms with E-state index in [9.17, 15) is 0 Å². The Morgan fingerprint density at radius 2 is 2.11 bits per heavy atom. The molecule has 0 spiro atoms. The van der Waals surface area contributed by atoms with Crippen LogP contribution in [0.5, 0.6) is 0 Å². The first-order chi connectivity index (χ1) is 8.65. The largest absolute Gasteiger partial charge is 0.383 e. The number of methoxy groups -OCH3 is 1. The first kappa shape index (κ1) is 15.2. The van der Waals surface area contributed by atoms with E-state index in [1.807, 2.05) is 17.9 Å². The molecule has 0 aromatic carbocycles. The summed E-state index contributed by atoms with van der Waals surface area (Å²) < 4.78 is 6.95. The summed E-state index contributed by atoms with van der Waals surface area (Å²) >= 11 is 0. The Kier molecular flexibility index (Phi) is 6.36. The van der Waals surface area contributed by atoms with Crippen LogP contribution >= 0.6 is 0 Å². The van der Waals surface area contributed by atoms with E-state index in [1.165, 1.54) is 18.4 Å². The third-order valence-corrected chi connectivity index (χ3v) is 3.82. The molecule has 0 fully saturated rings. The fraction of sp³-hybridized carbons (Fsp3) is 0.786. The van der Waals surface area contributed by atoms with Gasteiger partial charge in [-0.05, 0) is 30.2 Å². The first-order valence-corrected chi connectivity index (χ1v) is 6.83. The van der Waals surface area contributed by atoms with Crippen molar-refractivity contribution in [3.63, 3.8) is 0 Å². The summed E-state index contributed by atoms with van der Waals surface area (Å²) in [5.74, 6) is 0. The molecule has 1 aromatic rings. The quantitative estimate of drug-likeness (QED) is 0.684. The van der Waals surface area contributed by atoms with Crippen molar-refractivity contribution in [1.29, 1.82) is 0 Å². The zero-order chi connectivity index (χ0) is 13.4. The van der Waals surface area contributed by atoms with Gasteiger partial charge >= 0.3 is 0 Å². The van der Waals surface area contributed by atoms with Crippen molar-refractivity contribution in [3.8, 4) is 0 Å². The fourth-order valence-electron chi connectivity index (χ4n) is 2.34. The summed E-state index contributed by atoms with van der Waals surface area (Å²) in [6.45, 7) is 7.29. The van der Waals surface area contributed by atoms with E-state index >= 15 is 0 Å². The molecule has 1 aromatic heterocycles. The van der Waals surface area contributed by atoms with E-state index < -0.39 is 0 Å². The fourth-order valence-corrected chi connectivity index (χ4v) is 2.34. The topological polar surface area (TPSA) is 39.1 Å². The van der Waals surface area contributed by atoms with Crippen molar-refractivity contribution in [2.75, 3.05) is 26.8 Å². The molecule has 0 amide bonds. The number of aryl methyl sites for hydroxylation is 1. The van der Waals surface area contributed by atoms with Crippen molar-refractivity contribution in [1.82, 2.24) is 15.1 Å². The molecule has 0 atom stereocenters. The van der Waals surface area contributed by atoms with Gasteiger partial charge in [-0.25, -0.2) is 0 Å². The Balaban J connectivity index is 2.55. The lowest BCUT2D eigenvalue weighted by atomic mass is 9.77. The van der Waals surface area contributed by atoms with Crippen molar-refractivity contribution in [2.24, 2.45) is 12.5 Å². The molecular weight excluding hydrogens is 226 g/mol. The summed E-state index contributed by atoms with van der Waals surface area (Å²) in [6.07, 6.45) is 7.55. The van der Waals surface area contributed by atoms with Gasteiger partial charge in [-0.2, -0.15) is 5.10 Å². The van der Waals surface area contributed by atoms with Crippen LogP contribution in [0.25, 0.3) is 0 Å². The van der Waals surface area contributed by atoms with Gasteiger partial charge in [-0.15, -0.1) is 0 Å². The van der Waals surface area contributed by atoms with Crippen LogP contribution in [0, 0.1) is 5.41 Å². The smallest absolute Gasteiger partial charge is 0.0587 e. The van der Waals surface area contributed by atoms with Gasteiger partial charge in [0.05, 0.1) is 12.8 Å². The van der Waals surface area contributed by atoms with Gasteiger partial charge in [0, 0.05) is 33.4 Å². The van der Waals surface area contributed by atoms with Crippen LogP contribution in [0.15, 0.2) is 12.4 Å². The van der Waals surface area contributed by atoms with Crippen molar-refractivity contribution >= 4 is 0 Å². The molecule has 0 aliphatic rings.